The molecule has 0 radical (unpaired) electrons. The van der Waals surface area contributed by atoms with Crippen LogP contribution in [-0.2, 0) is 0 Å². The van der Waals surface area contributed by atoms with Crippen LogP contribution in [0.1, 0.15) is 16.1 Å². The Labute approximate surface area is 142 Å². The highest BCUT2D eigenvalue weighted by atomic mass is 35.5. The molecular formula is C17H11Cl2NO3. The van der Waals surface area contributed by atoms with Gasteiger partial charge in [-0.3, -0.25) is 0 Å². The van der Waals surface area contributed by atoms with E-state index >= 15 is 0 Å². The van der Waals surface area contributed by atoms with Gasteiger partial charge in [-0.05, 0) is 19.1 Å². The van der Waals surface area contributed by atoms with E-state index in [-0.39, 0.29) is 16.3 Å². The van der Waals surface area contributed by atoms with Crippen LogP contribution in [0.5, 0.6) is 5.75 Å². The van der Waals surface area contributed by atoms with E-state index in [0.29, 0.717) is 16.5 Å². The first-order valence-corrected chi connectivity index (χ1v) is 7.51. The largest absolute Gasteiger partial charge is 0.421 e. The number of ether oxygens (including phenoxy) is 1. The zero-order valence-electron chi connectivity index (χ0n) is 12.0. The van der Waals surface area contributed by atoms with Crippen molar-refractivity contribution in [1.29, 1.82) is 0 Å². The molecule has 0 bridgehead atoms. The van der Waals surface area contributed by atoms with Crippen molar-refractivity contribution < 1.29 is 14.1 Å². The topological polar surface area (TPSA) is 52.3 Å². The fraction of sp³-hybridized carbons (Fsp3) is 0.0588. The molecule has 0 unspecified atom stereocenters. The Morgan fingerprint density at radius 1 is 1.13 bits per heavy atom. The van der Waals surface area contributed by atoms with Crippen LogP contribution in [0.15, 0.2) is 53.1 Å². The number of rotatable bonds is 3. The molecule has 4 nitrogen and oxygen atoms in total. The molecule has 23 heavy (non-hydrogen) atoms. The predicted molar refractivity (Wildman–Crippen MR) is 88.1 cm³/mol. The van der Waals surface area contributed by atoms with E-state index < -0.39 is 5.97 Å². The molecule has 2 aromatic carbocycles. The number of carbonyl (C=O) groups excluding carboxylic acids is 1. The van der Waals surface area contributed by atoms with Crippen molar-refractivity contribution in [3.63, 3.8) is 0 Å². The van der Waals surface area contributed by atoms with Crippen LogP contribution in [0.3, 0.4) is 0 Å². The van der Waals surface area contributed by atoms with E-state index in [9.17, 15) is 4.79 Å². The number of halogens is 2. The van der Waals surface area contributed by atoms with Crippen molar-refractivity contribution >= 4 is 29.2 Å². The summed E-state index contributed by atoms with van der Waals surface area (Å²) in [6.45, 7) is 1.65. The minimum atomic E-state index is -0.605. The molecule has 0 fully saturated rings. The van der Waals surface area contributed by atoms with Gasteiger partial charge < -0.3 is 9.26 Å². The molecule has 0 aliphatic heterocycles. The van der Waals surface area contributed by atoms with Crippen LogP contribution < -0.4 is 4.74 Å². The van der Waals surface area contributed by atoms with Gasteiger partial charge in [0.1, 0.15) is 17.0 Å². The van der Waals surface area contributed by atoms with Gasteiger partial charge in [0.15, 0.2) is 5.75 Å². The lowest BCUT2D eigenvalue weighted by atomic mass is 10.1. The Morgan fingerprint density at radius 3 is 2.61 bits per heavy atom. The Hall–Kier alpha value is -2.30. The SMILES string of the molecule is Cc1onc(-c2ccccc2)c1C(=O)Oc1cc(Cl)ccc1Cl. The van der Waals surface area contributed by atoms with E-state index in [1.807, 2.05) is 30.3 Å². The molecule has 1 aromatic heterocycles. The molecule has 6 heteroatoms. The van der Waals surface area contributed by atoms with Gasteiger partial charge in [-0.15, -0.1) is 0 Å². The standard InChI is InChI=1S/C17H11Cl2NO3/c1-10-15(16(20-23-10)11-5-3-2-4-6-11)17(21)22-14-9-12(18)7-8-13(14)19/h2-9H,1H3. The van der Waals surface area contributed by atoms with Crippen LogP contribution in [0.4, 0.5) is 0 Å². The molecule has 1 heterocycles. The second-order valence-corrected chi connectivity index (χ2v) is 5.64. The van der Waals surface area contributed by atoms with Gasteiger partial charge in [0.05, 0.1) is 5.02 Å². The van der Waals surface area contributed by atoms with Gasteiger partial charge in [0.2, 0.25) is 0 Å². The molecule has 0 saturated carbocycles. The Balaban J connectivity index is 1.97. The van der Waals surface area contributed by atoms with Gasteiger partial charge >= 0.3 is 5.97 Å². The van der Waals surface area contributed by atoms with Crippen molar-refractivity contribution in [2.75, 3.05) is 0 Å². The first-order valence-electron chi connectivity index (χ1n) is 6.75. The number of hydrogen-bond acceptors (Lipinski definition) is 4. The third kappa shape index (κ3) is 3.23. The van der Waals surface area contributed by atoms with Gasteiger partial charge in [0.25, 0.3) is 0 Å². The highest BCUT2D eigenvalue weighted by Crippen LogP contribution is 2.31. The minimum Gasteiger partial charge on any atom is -0.421 e. The molecule has 0 N–H and O–H groups in total. The maximum Gasteiger partial charge on any atom is 0.349 e. The molecule has 0 amide bonds. The quantitative estimate of drug-likeness (QED) is 0.484. The first kappa shape index (κ1) is 15.6. The van der Waals surface area contributed by atoms with Crippen LogP contribution in [-0.4, -0.2) is 11.1 Å². The lowest BCUT2D eigenvalue weighted by molar-refractivity contribution is 0.0734. The summed E-state index contributed by atoms with van der Waals surface area (Å²) < 4.78 is 10.5. The van der Waals surface area contributed by atoms with Crippen molar-refractivity contribution in [1.82, 2.24) is 5.16 Å². The average molecular weight is 348 g/mol. The molecule has 3 rings (SSSR count). The van der Waals surface area contributed by atoms with Gasteiger partial charge in [0, 0.05) is 16.7 Å². The Morgan fingerprint density at radius 2 is 1.87 bits per heavy atom. The van der Waals surface area contributed by atoms with Crippen molar-refractivity contribution in [3.05, 3.63) is 69.9 Å². The maximum absolute atomic E-state index is 12.5. The number of esters is 1. The third-order valence-corrected chi connectivity index (χ3v) is 3.76. The fourth-order valence-corrected chi connectivity index (χ4v) is 2.43. The first-order chi connectivity index (χ1) is 11.1. The van der Waals surface area contributed by atoms with E-state index in [0.717, 1.165) is 5.56 Å². The maximum atomic E-state index is 12.5. The molecule has 3 aromatic rings. The van der Waals surface area contributed by atoms with Gasteiger partial charge in [-0.25, -0.2) is 4.79 Å². The second kappa shape index (κ2) is 6.44. The van der Waals surface area contributed by atoms with Crippen LogP contribution in [0.25, 0.3) is 11.3 Å². The molecule has 0 saturated heterocycles. The fourth-order valence-electron chi connectivity index (χ4n) is 2.11. The molecule has 0 atom stereocenters. The normalized spacial score (nSPS) is 10.6. The molecule has 0 aliphatic carbocycles. The second-order valence-electron chi connectivity index (χ2n) is 4.79. The summed E-state index contributed by atoms with van der Waals surface area (Å²) in [6, 6.07) is 13.9. The number of carbonyl (C=O) groups is 1. The van der Waals surface area contributed by atoms with Crippen LogP contribution in [0, 0.1) is 6.92 Å². The Bertz CT molecular complexity index is 860. The smallest absolute Gasteiger partial charge is 0.349 e. The molecule has 0 spiro atoms. The van der Waals surface area contributed by atoms with Gasteiger partial charge in [-0.1, -0.05) is 58.7 Å². The predicted octanol–water partition coefficient (Wildman–Crippen LogP) is 5.18. The van der Waals surface area contributed by atoms with E-state index in [1.54, 1.807) is 19.1 Å². The van der Waals surface area contributed by atoms with Crippen molar-refractivity contribution in [3.8, 4) is 17.0 Å². The van der Waals surface area contributed by atoms with Crippen LogP contribution >= 0.6 is 23.2 Å². The molecule has 0 aliphatic rings. The van der Waals surface area contributed by atoms with Crippen LogP contribution in [0.2, 0.25) is 10.0 Å². The Kier molecular flexibility index (Phi) is 4.37. The summed E-state index contributed by atoms with van der Waals surface area (Å²) >= 11 is 11.9. The molecule has 116 valence electrons. The molecular weight excluding hydrogens is 337 g/mol. The summed E-state index contributed by atoms with van der Waals surface area (Å²) in [7, 11) is 0. The third-order valence-electron chi connectivity index (χ3n) is 3.21. The monoisotopic (exact) mass is 347 g/mol. The lowest BCUT2D eigenvalue weighted by Gasteiger charge is -2.07. The van der Waals surface area contributed by atoms with E-state index in [1.165, 1.54) is 6.07 Å². The van der Waals surface area contributed by atoms with E-state index in [4.69, 9.17) is 32.5 Å². The summed E-state index contributed by atoms with van der Waals surface area (Å²) in [6.07, 6.45) is 0. The number of benzene rings is 2. The van der Waals surface area contributed by atoms with Crippen molar-refractivity contribution in [2.24, 2.45) is 0 Å². The highest BCUT2D eigenvalue weighted by Gasteiger charge is 2.24. The zero-order valence-corrected chi connectivity index (χ0v) is 13.6. The number of aromatic nitrogens is 1. The minimum absolute atomic E-state index is 0.184. The van der Waals surface area contributed by atoms with Crippen molar-refractivity contribution in [2.45, 2.75) is 6.92 Å². The highest BCUT2D eigenvalue weighted by molar-refractivity contribution is 6.34. The van der Waals surface area contributed by atoms with E-state index in [2.05, 4.69) is 5.16 Å². The summed E-state index contributed by atoms with van der Waals surface area (Å²) in [5.41, 5.74) is 1.44. The number of hydrogen-bond donors (Lipinski definition) is 0. The number of nitrogens with zero attached hydrogens (tertiary/aromatic N) is 1. The lowest BCUT2D eigenvalue weighted by Crippen LogP contribution is -2.10. The number of aryl methyl sites for hydroxylation is 1. The summed E-state index contributed by atoms with van der Waals surface area (Å²) in [4.78, 5) is 12.5. The summed E-state index contributed by atoms with van der Waals surface area (Å²) in [5, 5.41) is 4.66. The summed E-state index contributed by atoms with van der Waals surface area (Å²) in [5.74, 6) is -0.0532. The van der Waals surface area contributed by atoms with Gasteiger partial charge in [-0.2, -0.15) is 0 Å². The zero-order chi connectivity index (χ0) is 16.4. The average Bonchev–Trinajstić information content (AvgIpc) is 2.93.